The second-order valence-corrected chi connectivity index (χ2v) is 6.53. The first-order valence-corrected chi connectivity index (χ1v) is 8.94. The molecule has 4 heteroatoms. The van der Waals surface area contributed by atoms with Gasteiger partial charge in [-0.1, -0.05) is 25.1 Å². The number of carbonyl (C=O) groups is 1. The number of nitrogens with one attached hydrogen (secondary N) is 1. The summed E-state index contributed by atoms with van der Waals surface area (Å²) in [5, 5.41) is 3.40. The van der Waals surface area contributed by atoms with E-state index in [2.05, 4.69) is 36.5 Å². The number of benzene rings is 2. The zero-order valence-electron chi connectivity index (χ0n) is 15.5. The fraction of sp³-hybridized carbons (Fsp3) is 0.318. The first-order chi connectivity index (χ1) is 12.6. The highest BCUT2D eigenvalue weighted by atomic mass is 16.5. The van der Waals surface area contributed by atoms with E-state index in [1.165, 1.54) is 5.56 Å². The van der Waals surface area contributed by atoms with Gasteiger partial charge in [0.1, 0.15) is 0 Å². The Kier molecular flexibility index (Phi) is 5.61. The van der Waals surface area contributed by atoms with E-state index in [-0.39, 0.29) is 11.7 Å². The fourth-order valence-electron chi connectivity index (χ4n) is 3.33. The Morgan fingerprint density at radius 1 is 1.00 bits per heavy atom. The van der Waals surface area contributed by atoms with Gasteiger partial charge < -0.3 is 14.8 Å². The molecular formula is C22H25NO3. The van der Waals surface area contributed by atoms with E-state index in [0.29, 0.717) is 17.9 Å². The minimum atomic E-state index is 0.129. The maximum absolute atomic E-state index is 12.3. The quantitative estimate of drug-likeness (QED) is 0.819. The van der Waals surface area contributed by atoms with Gasteiger partial charge in [-0.3, -0.25) is 4.79 Å². The Morgan fingerprint density at radius 2 is 1.73 bits per heavy atom. The molecule has 0 bridgehead atoms. The van der Waals surface area contributed by atoms with E-state index in [1.807, 2.05) is 18.2 Å². The van der Waals surface area contributed by atoms with Crippen LogP contribution in [-0.4, -0.2) is 20.0 Å². The summed E-state index contributed by atoms with van der Waals surface area (Å²) in [5.41, 5.74) is 4.34. The van der Waals surface area contributed by atoms with Gasteiger partial charge >= 0.3 is 0 Å². The standard InChI is InChI=1S/C22H25NO3/c1-4-15-5-8-18(9-6-15)23-19-11-17(12-20(24)14-19)16-7-10-21(25-2)22(13-16)26-3/h5-10,13-14,17,23H,4,11-12H2,1-3H3/t17-/m0/s1. The Morgan fingerprint density at radius 3 is 2.38 bits per heavy atom. The van der Waals surface area contributed by atoms with Crippen LogP contribution in [0.3, 0.4) is 0 Å². The summed E-state index contributed by atoms with van der Waals surface area (Å²) in [5.74, 6) is 1.66. The molecule has 4 nitrogen and oxygen atoms in total. The van der Waals surface area contributed by atoms with Crippen molar-refractivity contribution in [3.05, 3.63) is 65.4 Å². The van der Waals surface area contributed by atoms with Gasteiger partial charge in [0.15, 0.2) is 17.3 Å². The molecule has 1 atom stereocenters. The van der Waals surface area contributed by atoms with E-state index in [1.54, 1.807) is 20.3 Å². The van der Waals surface area contributed by atoms with Gasteiger partial charge in [0.25, 0.3) is 0 Å². The lowest BCUT2D eigenvalue weighted by atomic mass is 9.85. The maximum atomic E-state index is 12.3. The molecule has 0 saturated carbocycles. The van der Waals surface area contributed by atoms with Gasteiger partial charge in [-0.25, -0.2) is 0 Å². The highest BCUT2D eigenvalue weighted by Crippen LogP contribution is 2.36. The molecule has 2 aromatic carbocycles. The lowest BCUT2D eigenvalue weighted by Crippen LogP contribution is -2.16. The third-order valence-electron chi connectivity index (χ3n) is 4.80. The van der Waals surface area contributed by atoms with Crippen molar-refractivity contribution in [2.75, 3.05) is 19.5 Å². The van der Waals surface area contributed by atoms with Crippen LogP contribution in [0.25, 0.3) is 0 Å². The molecule has 136 valence electrons. The Bertz CT molecular complexity index is 809. The van der Waals surface area contributed by atoms with Crippen molar-refractivity contribution in [1.29, 1.82) is 0 Å². The lowest BCUT2D eigenvalue weighted by molar-refractivity contribution is -0.115. The van der Waals surface area contributed by atoms with Crippen LogP contribution >= 0.6 is 0 Å². The van der Waals surface area contributed by atoms with Crippen LogP contribution in [0.2, 0.25) is 0 Å². The Balaban J connectivity index is 1.77. The van der Waals surface area contributed by atoms with Crippen LogP contribution in [0, 0.1) is 0 Å². The third kappa shape index (κ3) is 4.07. The van der Waals surface area contributed by atoms with E-state index >= 15 is 0 Å². The minimum Gasteiger partial charge on any atom is -0.493 e. The van der Waals surface area contributed by atoms with Crippen LogP contribution in [-0.2, 0) is 11.2 Å². The number of ether oxygens (including phenoxy) is 2. The summed E-state index contributed by atoms with van der Waals surface area (Å²) in [4.78, 5) is 12.3. The minimum absolute atomic E-state index is 0.129. The first kappa shape index (κ1) is 18.1. The molecule has 0 saturated heterocycles. The second-order valence-electron chi connectivity index (χ2n) is 6.53. The summed E-state index contributed by atoms with van der Waals surface area (Å²) < 4.78 is 10.7. The number of aryl methyl sites for hydroxylation is 1. The molecule has 0 aromatic heterocycles. The molecule has 3 rings (SSSR count). The van der Waals surface area contributed by atoms with E-state index in [9.17, 15) is 4.79 Å². The highest BCUT2D eigenvalue weighted by Gasteiger charge is 2.23. The molecule has 1 N–H and O–H groups in total. The van der Waals surface area contributed by atoms with Crippen LogP contribution in [0.4, 0.5) is 5.69 Å². The van der Waals surface area contributed by atoms with Gasteiger partial charge in [-0.2, -0.15) is 0 Å². The van der Waals surface area contributed by atoms with Gasteiger partial charge in [-0.05, 0) is 54.2 Å². The molecule has 1 aliphatic carbocycles. The molecule has 2 aromatic rings. The van der Waals surface area contributed by atoms with Crippen LogP contribution in [0.15, 0.2) is 54.2 Å². The van der Waals surface area contributed by atoms with E-state index in [4.69, 9.17) is 9.47 Å². The number of hydrogen-bond donors (Lipinski definition) is 1. The number of methoxy groups -OCH3 is 2. The molecular weight excluding hydrogens is 326 g/mol. The zero-order valence-corrected chi connectivity index (χ0v) is 15.5. The van der Waals surface area contributed by atoms with Crippen molar-refractivity contribution >= 4 is 11.5 Å². The number of hydrogen-bond acceptors (Lipinski definition) is 4. The molecule has 0 spiro atoms. The van der Waals surface area contributed by atoms with Gasteiger partial charge in [0, 0.05) is 23.9 Å². The SMILES string of the molecule is CCc1ccc(NC2=CC(=O)C[C@@H](c3ccc(OC)c(OC)c3)C2)cc1. The summed E-state index contributed by atoms with van der Waals surface area (Å²) in [6.45, 7) is 2.14. The highest BCUT2D eigenvalue weighted by molar-refractivity contribution is 5.92. The Hall–Kier alpha value is -2.75. The summed E-state index contributed by atoms with van der Waals surface area (Å²) >= 11 is 0. The lowest BCUT2D eigenvalue weighted by Gasteiger charge is -2.24. The smallest absolute Gasteiger partial charge is 0.160 e. The van der Waals surface area contributed by atoms with E-state index < -0.39 is 0 Å². The van der Waals surface area contributed by atoms with Gasteiger partial charge in [0.05, 0.1) is 14.2 Å². The normalized spacial score (nSPS) is 16.8. The molecule has 0 radical (unpaired) electrons. The van der Waals surface area contributed by atoms with Crippen molar-refractivity contribution < 1.29 is 14.3 Å². The van der Waals surface area contributed by atoms with E-state index in [0.717, 1.165) is 29.8 Å². The Labute approximate surface area is 154 Å². The average molecular weight is 351 g/mol. The van der Waals surface area contributed by atoms with Crippen molar-refractivity contribution in [3.8, 4) is 11.5 Å². The molecule has 1 aliphatic rings. The number of rotatable bonds is 6. The molecule has 0 aliphatic heterocycles. The maximum Gasteiger partial charge on any atom is 0.160 e. The summed E-state index contributed by atoms with van der Waals surface area (Å²) in [7, 11) is 3.25. The summed E-state index contributed by atoms with van der Waals surface area (Å²) in [6, 6.07) is 14.2. The van der Waals surface area contributed by atoms with Crippen molar-refractivity contribution in [2.45, 2.75) is 32.1 Å². The molecule has 0 unspecified atom stereocenters. The predicted octanol–water partition coefficient (Wildman–Crippen LogP) is 4.71. The summed E-state index contributed by atoms with van der Waals surface area (Å²) in [6.07, 6.45) is 4.04. The van der Waals surface area contributed by atoms with Gasteiger partial charge in [-0.15, -0.1) is 0 Å². The first-order valence-electron chi connectivity index (χ1n) is 8.94. The molecule has 26 heavy (non-hydrogen) atoms. The van der Waals surface area contributed by atoms with Crippen molar-refractivity contribution in [3.63, 3.8) is 0 Å². The fourth-order valence-corrected chi connectivity index (χ4v) is 3.33. The molecule has 0 fully saturated rings. The topological polar surface area (TPSA) is 47.6 Å². The number of anilines is 1. The van der Waals surface area contributed by atoms with Crippen molar-refractivity contribution in [1.82, 2.24) is 0 Å². The number of carbonyl (C=O) groups excluding carboxylic acids is 1. The van der Waals surface area contributed by atoms with Crippen LogP contribution < -0.4 is 14.8 Å². The number of ketones is 1. The largest absolute Gasteiger partial charge is 0.493 e. The monoisotopic (exact) mass is 351 g/mol. The van der Waals surface area contributed by atoms with Crippen LogP contribution in [0.1, 0.15) is 36.8 Å². The second kappa shape index (κ2) is 8.09. The van der Waals surface area contributed by atoms with Crippen molar-refractivity contribution in [2.24, 2.45) is 0 Å². The molecule has 0 amide bonds. The van der Waals surface area contributed by atoms with Gasteiger partial charge in [0.2, 0.25) is 0 Å². The zero-order chi connectivity index (χ0) is 18.5. The number of allylic oxidation sites excluding steroid dienone is 2. The van der Waals surface area contributed by atoms with Crippen LogP contribution in [0.5, 0.6) is 11.5 Å². The molecule has 0 heterocycles. The predicted molar refractivity (Wildman–Crippen MR) is 104 cm³/mol. The average Bonchev–Trinajstić information content (AvgIpc) is 2.67. The third-order valence-corrected chi connectivity index (χ3v) is 4.80.